The van der Waals surface area contributed by atoms with Crippen molar-refractivity contribution in [1.29, 1.82) is 0 Å². The summed E-state index contributed by atoms with van der Waals surface area (Å²) in [5, 5.41) is 0. The van der Waals surface area contributed by atoms with Crippen LogP contribution in [0.15, 0.2) is 24.3 Å². The molecule has 1 aromatic carbocycles. The van der Waals surface area contributed by atoms with Crippen molar-refractivity contribution in [3.63, 3.8) is 0 Å². The minimum atomic E-state index is 0.0653. The highest BCUT2D eigenvalue weighted by atomic mass is 16.5. The molecule has 0 unspecified atom stereocenters. The zero-order valence-corrected chi connectivity index (χ0v) is 9.16. The normalized spacial score (nSPS) is 14.9. The average molecular weight is 193 g/mol. The van der Waals surface area contributed by atoms with Gasteiger partial charge in [0.05, 0.1) is 6.10 Å². The van der Waals surface area contributed by atoms with Gasteiger partial charge in [0, 0.05) is 6.04 Å². The van der Waals surface area contributed by atoms with Gasteiger partial charge in [0.1, 0.15) is 5.75 Å². The summed E-state index contributed by atoms with van der Waals surface area (Å²) in [5.74, 6) is 0.911. The highest BCUT2D eigenvalue weighted by molar-refractivity contribution is 5.30. The molecule has 0 fully saturated rings. The Morgan fingerprint density at radius 2 is 2.07 bits per heavy atom. The van der Waals surface area contributed by atoms with Gasteiger partial charge < -0.3 is 10.5 Å². The number of nitrogens with two attached hydrogens (primary N) is 1. The largest absolute Gasteiger partial charge is 0.491 e. The van der Waals surface area contributed by atoms with Crippen LogP contribution >= 0.6 is 0 Å². The van der Waals surface area contributed by atoms with Gasteiger partial charge in [0.25, 0.3) is 0 Å². The summed E-state index contributed by atoms with van der Waals surface area (Å²) in [6.45, 7) is 6.15. The van der Waals surface area contributed by atoms with Crippen LogP contribution in [0.5, 0.6) is 5.75 Å². The Morgan fingerprint density at radius 1 is 1.36 bits per heavy atom. The van der Waals surface area contributed by atoms with Crippen molar-refractivity contribution in [2.24, 2.45) is 5.73 Å². The van der Waals surface area contributed by atoms with Gasteiger partial charge in [-0.05, 0) is 38.0 Å². The molecule has 1 aromatic rings. The van der Waals surface area contributed by atoms with E-state index in [1.165, 1.54) is 0 Å². The van der Waals surface area contributed by atoms with Crippen molar-refractivity contribution in [1.82, 2.24) is 0 Å². The molecule has 0 radical (unpaired) electrons. The third kappa shape index (κ3) is 3.04. The summed E-state index contributed by atoms with van der Waals surface area (Å²) >= 11 is 0. The second-order valence-electron chi connectivity index (χ2n) is 3.70. The SMILES string of the molecule is CC[C@@H](C)Oc1cccc([C@@H](C)N)c1. The third-order valence-electron chi connectivity index (χ3n) is 2.30. The molecule has 0 aliphatic heterocycles. The molecule has 2 nitrogen and oxygen atoms in total. The van der Waals surface area contributed by atoms with Crippen LogP contribution in [0.3, 0.4) is 0 Å². The van der Waals surface area contributed by atoms with E-state index in [-0.39, 0.29) is 12.1 Å². The Morgan fingerprint density at radius 3 is 2.64 bits per heavy atom. The quantitative estimate of drug-likeness (QED) is 0.798. The molecule has 0 bridgehead atoms. The van der Waals surface area contributed by atoms with Crippen molar-refractivity contribution >= 4 is 0 Å². The first-order valence-electron chi connectivity index (χ1n) is 5.15. The Hall–Kier alpha value is -1.02. The lowest BCUT2D eigenvalue weighted by Gasteiger charge is -2.14. The van der Waals surface area contributed by atoms with Gasteiger partial charge in [-0.25, -0.2) is 0 Å². The standard InChI is InChI=1S/C12H19NO/c1-4-9(2)14-12-7-5-6-11(8-12)10(3)13/h5-10H,4,13H2,1-3H3/t9-,10-/m1/s1. The molecular formula is C12H19NO. The van der Waals surface area contributed by atoms with Crippen LogP contribution in [-0.4, -0.2) is 6.10 Å². The predicted octanol–water partition coefficient (Wildman–Crippen LogP) is 2.88. The molecule has 0 saturated carbocycles. The fourth-order valence-corrected chi connectivity index (χ4v) is 1.19. The van der Waals surface area contributed by atoms with E-state index >= 15 is 0 Å². The maximum Gasteiger partial charge on any atom is 0.120 e. The molecule has 0 saturated heterocycles. The Kier molecular flexibility index (Phi) is 3.96. The predicted molar refractivity (Wildman–Crippen MR) is 59.4 cm³/mol. The number of hydrogen-bond donors (Lipinski definition) is 1. The molecule has 0 aromatic heterocycles. The van der Waals surface area contributed by atoms with E-state index in [4.69, 9.17) is 10.5 Å². The lowest BCUT2D eigenvalue weighted by Crippen LogP contribution is -2.10. The number of benzene rings is 1. The fraction of sp³-hybridized carbons (Fsp3) is 0.500. The van der Waals surface area contributed by atoms with Crippen LogP contribution in [-0.2, 0) is 0 Å². The zero-order chi connectivity index (χ0) is 10.6. The molecule has 0 spiro atoms. The van der Waals surface area contributed by atoms with Crippen molar-refractivity contribution in [2.75, 3.05) is 0 Å². The minimum Gasteiger partial charge on any atom is -0.491 e. The summed E-state index contributed by atoms with van der Waals surface area (Å²) in [6, 6.07) is 8.05. The van der Waals surface area contributed by atoms with Crippen LogP contribution in [0.1, 0.15) is 38.8 Å². The smallest absolute Gasteiger partial charge is 0.120 e. The molecule has 0 heterocycles. The van der Waals surface area contributed by atoms with Crippen LogP contribution in [0, 0.1) is 0 Å². The molecule has 0 aliphatic rings. The number of hydrogen-bond acceptors (Lipinski definition) is 2. The van der Waals surface area contributed by atoms with Gasteiger partial charge in [-0.2, -0.15) is 0 Å². The van der Waals surface area contributed by atoms with E-state index in [1.807, 2.05) is 31.2 Å². The Labute approximate surface area is 86.1 Å². The lowest BCUT2D eigenvalue weighted by molar-refractivity contribution is 0.217. The van der Waals surface area contributed by atoms with E-state index < -0.39 is 0 Å². The van der Waals surface area contributed by atoms with Crippen LogP contribution < -0.4 is 10.5 Å². The van der Waals surface area contributed by atoms with Crippen LogP contribution in [0.2, 0.25) is 0 Å². The first-order chi connectivity index (χ1) is 6.63. The van der Waals surface area contributed by atoms with Gasteiger partial charge in [-0.15, -0.1) is 0 Å². The fourth-order valence-electron chi connectivity index (χ4n) is 1.19. The van der Waals surface area contributed by atoms with Gasteiger partial charge in [0.15, 0.2) is 0 Å². The first-order valence-corrected chi connectivity index (χ1v) is 5.15. The lowest BCUT2D eigenvalue weighted by atomic mass is 10.1. The van der Waals surface area contributed by atoms with E-state index in [0.29, 0.717) is 0 Å². The van der Waals surface area contributed by atoms with E-state index in [1.54, 1.807) is 0 Å². The van der Waals surface area contributed by atoms with Crippen molar-refractivity contribution in [2.45, 2.75) is 39.3 Å². The third-order valence-corrected chi connectivity index (χ3v) is 2.30. The molecule has 2 N–H and O–H groups in total. The monoisotopic (exact) mass is 193 g/mol. The van der Waals surface area contributed by atoms with Crippen LogP contribution in [0.4, 0.5) is 0 Å². The Bertz CT molecular complexity index is 283. The molecule has 2 atom stereocenters. The maximum atomic E-state index is 5.79. The summed E-state index contributed by atoms with van der Waals surface area (Å²) in [7, 11) is 0. The summed E-state index contributed by atoms with van der Waals surface area (Å²) in [6.07, 6.45) is 1.28. The zero-order valence-electron chi connectivity index (χ0n) is 9.16. The van der Waals surface area contributed by atoms with Gasteiger partial charge in [0.2, 0.25) is 0 Å². The highest BCUT2D eigenvalue weighted by Gasteiger charge is 2.03. The molecule has 2 heteroatoms. The molecule has 14 heavy (non-hydrogen) atoms. The van der Waals surface area contributed by atoms with Gasteiger partial charge >= 0.3 is 0 Å². The average Bonchev–Trinajstić information content (AvgIpc) is 2.18. The summed E-state index contributed by atoms with van der Waals surface area (Å²) < 4.78 is 5.70. The van der Waals surface area contributed by atoms with Crippen molar-refractivity contribution < 1.29 is 4.74 Å². The Balaban J connectivity index is 2.73. The summed E-state index contributed by atoms with van der Waals surface area (Å²) in [4.78, 5) is 0. The number of ether oxygens (including phenoxy) is 1. The molecule has 0 aliphatic carbocycles. The van der Waals surface area contributed by atoms with Gasteiger partial charge in [-0.3, -0.25) is 0 Å². The molecule has 1 rings (SSSR count). The number of rotatable bonds is 4. The topological polar surface area (TPSA) is 35.2 Å². The minimum absolute atomic E-state index is 0.0653. The molecule has 0 amide bonds. The second kappa shape index (κ2) is 5.01. The highest BCUT2D eigenvalue weighted by Crippen LogP contribution is 2.19. The van der Waals surface area contributed by atoms with E-state index in [0.717, 1.165) is 17.7 Å². The molecule has 78 valence electrons. The first kappa shape index (κ1) is 11.1. The van der Waals surface area contributed by atoms with Gasteiger partial charge in [-0.1, -0.05) is 19.1 Å². The van der Waals surface area contributed by atoms with E-state index in [9.17, 15) is 0 Å². The summed E-state index contributed by atoms with van der Waals surface area (Å²) in [5.41, 5.74) is 6.91. The van der Waals surface area contributed by atoms with E-state index in [2.05, 4.69) is 13.8 Å². The van der Waals surface area contributed by atoms with Crippen molar-refractivity contribution in [3.05, 3.63) is 29.8 Å². The van der Waals surface area contributed by atoms with Crippen molar-refractivity contribution in [3.8, 4) is 5.75 Å². The molecular weight excluding hydrogens is 174 g/mol. The maximum absolute atomic E-state index is 5.79. The second-order valence-corrected chi connectivity index (χ2v) is 3.70. The van der Waals surface area contributed by atoms with Crippen LogP contribution in [0.25, 0.3) is 0 Å².